The number of hydrogen-bond donors (Lipinski definition) is 4. The van der Waals surface area contributed by atoms with Gasteiger partial charge >= 0.3 is 0 Å². The van der Waals surface area contributed by atoms with Crippen LogP contribution in [0.3, 0.4) is 0 Å². The molecule has 1 saturated carbocycles. The Morgan fingerprint density at radius 1 is 1.37 bits per heavy atom. The standard InChI is InChI=1S/C13H23N5O/c1-4-13(3,19)7-15-10-8(2)11(18-14)17-12(16-10)9-5-6-9/h9,19H,4-7,14H2,1-3H3,(H2,15,16,17,18). The fourth-order valence-electron chi connectivity index (χ4n) is 1.77. The van der Waals surface area contributed by atoms with Crippen LogP contribution in [0.5, 0.6) is 0 Å². The number of aromatic nitrogens is 2. The van der Waals surface area contributed by atoms with E-state index in [-0.39, 0.29) is 0 Å². The van der Waals surface area contributed by atoms with E-state index in [1.54, 1.807) is 6.92 Å². The third-order valence-electron chi connectivity index (χ3n) is 3.64. The smallest absolute Gasteiger partial charge is 0.148 e. The first kappa shape index (κ1) is 14.0. The van der Waals surface area contributed by atoms with Crippen LogP contribution in [0.1, 0.15) is 50.4 Å². The van der Waals surface area contributed by atoms with Crippen LogP contribution >= 0.6 is 0 Å². The number of rotatable bonds is 6. The number of aliphatic hydroxyl groups is 1. The summed E-state index contributed by atoms with van der Waals surface area (Å²) in [6.45, 7) is 6.13. The summed E-state index contributed by atoms with van der Waals surface area (Å²) < 4.78 is 0. The largest absolute Gasteiger partial charge is 0.388 e. The third kappa shape index (κ3) is 3.33. The van der Waals surface area contributed by atoms with Gasteiger partial charge in [0.1, 0.15) is 17.5 Å². The number of nitrogens with zero attached hydrogens (tertiary/aromatic N) is 2. The van der Waals surface area contributed by atoms with Crippen molar-refractivity contribution in [2.24, 2.45) is 5.84 Å². The summed E-state index contributed by atoms with van der Waals surface area (Å²) >= 11 is 0. The third-order valence-corrected chi connectivity index (χ3v) is 3.64. The number of hydrogen-bond acceptors (Lipinski definition) is 6. The van der Waals surface area contributed by atoms with Crippen LogP contribution in [-0.4, -0.2) is 27.2 Å². The second-order valence-electron chi connectivity index (χ2n) is 5.53. The maximum absolute atomic E-state index is 10.0. The van der Waals surface area contributed by atoms with E-state index in [1.807, 2.05) is 13.8 Å². The Morgan fingerprint density at radius 3 is 2.53 bits per heavy atom. The molecule has 106 valence electrons. The lowest BCUT2D eigenvalue weighted by molar-refractivity contribution is 0.0696. The lowest BCUT2D eigenvalue weighted by atomic mass is 10.0. The topological polar surface area (TPSA) is 96.1 Å². The fourth-order valence-corrected chi connectivity index (χ4v) is 1.77. The minimum atomic E-state index is -0.743. The average Bonchev–Trinajstić information content (AvgIpc) is 3.22. The molecule has 1 unspecified atom stereocenters. The molecule has 1 aromatic heterocycles. The highest BCUT2D eigenvalue weighted by atomic mass is 16.3. The summed E-state index contributed by atoms with van der Waals surface area (Å²) in [6, 6.07) is 0. The van der Waals surface area contributed by atoms with Gasteiger partial charge in [-0.3, -0.25) is 0 Å². The van der Waals surface area contributed by atoms with Gasteiger partial charge in [-0.15, -0.1) is 0 Å². The van der Waals surface area contributed by atoms with Crippen molar-refractivity contribution in [3.63, 3.8) is 0 Å². The Morgan fingerprint density at radius 2 is 2.00 bits per heavy atom. The lowest BCUT2D eigenvalue weighted by Crippen LogP contribution is -2.33. The van der Waals surface area contributed by atoms with Gasteiger partial charge in [0, 0.05) is 18.0 Å². The number of hydrazine groups is 1. The van der Waals surface area contributed by atoms with Gasteiger partial charge in [-0.1, -0.05) is 6.92 Å². The summed E-state index contributed by atoms with van der Waals surface area (Å²) in [5.74, 6) is 8.19. The van der Waals surface area contributed by atoms with Crippen molar-refractivity contribution in [1.82, 2.24) is 9.97 Å². The van der Waals surface area contributed by atoms with E-state index in [9.17, 15) is 5.11 Å². The molecule has 1 aromatic rings. The summed E-state index contributed by atoms with van der Waals surface area (Å²) in [5.41, 5.74) is 2.75. The predicted molar refractivity (Wildman–Crippen MR) is 76.0 cm³/mol. The van der Waals surface area contributed by atoms with E-state index >= 15 is 0 Å². The van der Waals surface area contributed by atoms with Crippen LogP contribution in [0, 0.1) is 6.92 Å². The molecule has 0 radical (unpaired) electrons. The molecular formula is C13H23N5O. The van der Waals surface area contributed by atoms with E-state index in [4.69, 9.17) is 5.84 Å². The van der Waals surface area contributed by atoms with Gasteiger partial charge in [0.05, 0.1) is 5.60 Å². The summed E-state index contributed by atoms with van der Waals surface area (Å²) in [5, 5.41) is 13.3. The zero-order valence-corrected chi connectivity index (χ0v) is 11.8. The highest BCUT2D eigenvalue weighted by Crippen LogP contribution is 2.39. The number of anilines is 2. The predicted octanol–water partition coefficient (Wildman–Crippen LogP) is 1.52. The number of nitrogens with two attached hydrogens (primary N) is 1. The molecule has 0 saturated heterocycles. The molecule has 6 nitrogen and oxygen atoms in total. The molecule has 5 N–H and O–H groups in total. The van der Waals surface area contributed by atoms with Crippen LogP contribution in [0.15, 0.2) is 0 Å². The molecule has 2 rings (SSSR count). The first-order valence-corrected chi connectivity index (χ1v) is 6.78. The van der Waals surface area contributed by atoms with E-state index in [1.165, 1.54) is 0 Å². The van der Waals surface area contributed by atoms with Gasteiger partial charge < -0.3 is 15.8 Å². The van der Waals surface area contributed by atoms with Gasteiger partial charge in [-0.25, -0.2) is 15.8 Å². The SMILES string of the molecule is CCC(C)(O)CNc1nc(C2CC2)nc(NN)c1C. The van der Waals surface area contributed by atoms with E-state index in [2.05, 4.69) is 20.7 Å². The van der Waals surface area contributed by atoms with Crippen LogP contribution in [0.2, 0.25) is 0 Å². The molecule has 6 heteroatoms. The molecule has 0 spiro atoms. The molecule has 1 fully saturated rings. The quantitative estimate of drug-likeness (QED) is 0.460. The zero-order chi connectivity index (χ0) is 14.0. The van der Waals surface area contributed by atoms with Gasteiger partial charge in [0.2, 0.25) is 0 Å². The van der Waals surface area contributed by atoms with E-state index in [0.717, 1.165) is 30.0 Å². The van der Waals surface area contributed by atoms with Gasteiger partial charge in [-0.05, 0) is 33.1 Å². The Bertz CT molecular complexity index is 457. The molecule has 1 atom stereocenters. The summed E-state index contributed by atoms with van der Waals surface area (Å²) in [7, 11) is 0. The Hall–Kier alpha value is -1.40. The first-order chi connectivity index (χ1) is 8.96. The highest BCUT2D eigenvalue weighted by molar-refractivity contribution is 5.57. The minimum absolute atomic E-state index is 0.454. The molecule has 1 aliphatic rings. The van der Waals surface area contributed by atoms with Crippen LogP contribution < -0.4 is 16.6 Å². The summed E-state index contributed by atoms with van der Waals surface area (Å²) in [4.78, 5) is 8.98. The maximum atomic E-state index is 10.0. The Labute approximate surface area is 113 Å². The van der Waals surface area contributed by atoms with Gasteiger partial charge in [0.15, 0.2) is 0 Å². The minimum Gasteiger partial charge on any atom is -0.388 e. The monoisotopic (exact) mass is 265 g/mol. The van der Waals surface area contributed by atoms with Crippen molar-refractivity contribution < 1.29 is 5.11 Å². The molecule has 1 heterocycles. The Kier molecular flexibility index (Phi) is 3.91. The van der Waals surface area contributed by atoms with Crippen LogP contribution in [-0.2, 0) is 0 Å². The lowest BCUT2D eigenvalue weighted by Gasteiger charge is -2.23. The van der Waals surface area contributed by atoms with E-state index in [0.29, 0.717) is 24.7 Å². The fraction of sp³-hybridized carbons (Fsp3) is 0.692. The van der Waals surface area contributed by atoms with Crippen molar-refractivity contribution in [2.45, 2.75) is 51.6 Å². The first-order valence-electron chi connectivity index (χ1n) is 6.78. The molecule has 1 aliphatic carbocycles. The second kappa shape index (κ2) is 5.30. The second-order valence-corrected chi connectivity index (χ2v) is 5.53. The van der Waals surface area contributed by atoms with Gasteiger partial charge in [-0.2, -0.15) is 0 Å². The number of nitrogens with one attached hydrogen (secondary N) is 2. The molecular weight excluding hydrogens is 242 g/mol. The normalized spacial score (nSPS) is 17.9. The molecule has 19 heavy (non-hydrogen) atoms. The molecule has 0 aromatic carbocycles. The van der Waals surface area contributed by atoms with Gasteiger partial charge in [0.25, 0.3) is 0 Å². The van der Waals surface area contributed by atoms with Crippen molar-refractivity contribution >= 4 is 11.6 Å². The molecule has 0 aliphatic heterocycles. The maximum Gasteiger partial charge on any atom is 0.148 e. The van der Waals surface area contributed by atoms with Crippen molar-refractivity contribution in [3.8, 4) is 0 Å². The highest BCUT2D eigenvalue weighted by Gasteiger charge is 2.28. The average molecular weight is 265 g/mol. The zero-order valence-electron chi connectivity index (χ0n) is 11.8. The number of nitrogen functional groups attached to an aromatic ring is 1. The van der Waals surface area contributed by atoms with Crippen molar-refractivity contribution in [3.05, 3.63) is 11.4 Å². The molecule has 0 amide bonds. The van der Waals surface area contributed by atoms with E-state index < -0.39 is 5.60 Å². The van der Waals surface area contributed by atoms with Crippen molar-refractivity contribution in [1.29, 1.82) is 0 Å². The summed E-state index contributed by atoms with van der Waals surface area (Å²) in [6.07, 6.45) is 2.96. The molecule has 0 bridgehead atoms. The van der Waals surface area contributed by atoms with Crippen LogP contribution in [0.25, 0.3) is 0 Å². The van der Waals surface area contributed by atoms with Crippen molar-refractivity contribution in [2.75, 3.05) is 17.3 Å². The Balaban J connectivity index is 2.20. The van der Waals surface area contributed by atoms with Crippen LogP contribution in [0.4, 0.5) is 11.6 Å².